The van der Waals surface area contributed by atoms with E-state index in [1.54, 1.807) is 24.3 Å². The highest BCUT2D eigenvalue weighted by Gasteiger charge is 2.10. The van der Waals surface area contributed by atoms with E-state index in [1.807, 2.05) is 26.0 Å². The van der Waals surface area contributed by atoms with Gasteiger partial charge in [0.05, 0.1) is 0 Å². The van der Waals surface area contributed by atoms with Gasteiger partial charge in [0.25, 0.3) is 0 Å². The van der Waals surface area contributed by atoms with Crippen molar-refractivity contribution in [3.05, 3.63) is 65.0 Å². The van der Waals surface area contributed by atoms with E-state index >= 15 is 0 Å². The van der Waals surface area contributed by atoms with E-state index in [9.17, 15) is 14.0 Å². The third-order valence-corrected chi connectivity index (χ3v) is 3.55. The molecule has 120 valence electrons. The molecule has 0 aliphatic carbocycles. The number of carbonyl (C=O) groups is 2. The van der Waals surface area contributed by atoms with Crippen LogP contribution in [0.4, 0.5) is 10.1 Å². The average molecular weight is 314 g/mol. The van der Waals surface area contributed by atoms with E-state index in [-0.39, 0.29) is 18.8 Å². The highest BCUT2D eigenvalue weighted by Crippen LogP contribution is 2.14. The van der Waals surface area contributed by atoms with Gasteiger partial charge in [-0.05, 0) is 43.2 Å². The molecule has 0 aliphatic rings. The molecule has 0 aliphatic heterocycles. The van der Waals surface area contributed by atoms with Gasteiger partial charge in [-0.1, -0.05) is 24.3 Å². The summed E-state index contributed by atoms with van der Waals surface area (Å²) in [4.78, 5) is 23.6. The molecule has 2 aromatic carbocycles. The van der Waals surface area contributed by atoms with Crippen LogP contribution in [0.5, 0.6) is 0 Å². The molecule has 0 unspecified atom stereocenters. The minimum atomic E-state index is -0.449. The Hall–Kier alpha value is -2.69. The lowest BCUT2D eigenvalue weighted by Gasteiger charge is -2.08. The number of carbonyl (C=O) groups excluding carboxylic acids is 2. The van der Waals surface area contributed by atoms with Crippen molar-refractivity contribution < 1.29 is 14.0 Å². The van der Waals surface area contributed by atoms with E-state index in [4.69, 9.17) is 0 Å². The third-order valence-electron chi connectivity index (χ3n) is 3.55. The Morgan fingerprint density at radius 2 is 1.74 bits per heavy atom. The Bertz CT molecular complexity index is 729. The molecule has 2 amide bonds. The maximum Gasteiger partial charge on any atom is 0.233 e. The monoisotopic (exact) mass is 314 g/mol. The zero-order valence-corrected chi connectivity index (χ0v) is 13.2. The SMILES string of the molecule is Cc1ccc(NC(=O)CC(=O)NCc2ccccc2F)cc1C. The zero-order valence-electron chi connectivity index (χ0n) is 13.2. The molecule has 23 heavy (non-hydrogen) atoms. The van der Waals surface area contributed by atoms with Crippen molar-refractivity contribution in [1.29, 1.82) is 0 Å². The normalized spacial score (nSPS) is 10.2. The second-order valence-corrected chi connectivity index (χ2v) is 5.39. The fourth-order valence-electron chi connectivity index (χ4n) is 2.07. The van der Waals surface area contributed by atoms with Gasteiger partial charge in [-0.3, -0.25) is 9.59 Å². The molecule has 0 heterocycles. The molecular weight excluding hydrogens is 295 g/mol. The molecule has 5 heteroatoms. The summed E-state index contributed by atoms with van der Waals surface area (Å²) >= 11 is 0. The van der Waals surface area contributed by atoms with Crippen molar-refractivity contribution >= 4 is 17.5 Å². The van der Waals surface area contributed by atoms with E-state index in [0.717, 1.165) is 11.1 Å². The van der Waals surface area contributed by atoms with E-state index in [1.165, 1.54) is 6.07 Å². The Labute approximate surface area is 134 Å². The molecule has 0 radical (unpaired) electrons. The van der Waals surface area contributed by atoms with Crippen LogP contribution in [0.15, 0.2) is 42.5 Å². The fourth-order valence-corrected chi connectivity index (χ4v) is 2.07. The summed E-state index contributed by atoms with van der Waals surface area (Å²) < 4.78 is 13.4. The molecule has 2 N–H and O–H groups in total. The summed E-state index contributed by atoms with van der Waals surface area (Å²) in [6, 6.07) is 11.7. The fraction of sp³-hybridized carbons (Fsp3) is 0.222. The van der Waals surface area contributed by atoms with E-state index in [2.05, 4.69) is 10.6 Å². The number of anilines is 1. The standard InChI is InChI=1S/C18H19FN2O2/c1-12-7-8-15(9-13(12)2)21-18(23)10-17(22)20-11-14-5-3-4-6-16(14)19/h3-9H,10-11H2,1-2H3,(H,20,22)(H,21,23). The van der Waals surface area contributed by atoms with Crippen LogP contribution in [0.1, 0.15) is 23.1 Å². The van der Waals surface area contributed by atoms with Gasteiger partial charge in [0, 0.05) is 17.8 Å². The predicted molar refractivity (Wildman–Crippen MR) is 87.4 cm³/mol. The van der Waals surface area contributed by atoms with Crippen molar-refractivity contribution in [2.24, 2.45) is 0 Å². The van der Waals surface area contributed by atoms with Crippen molar-refractivity contribution in [2.45, 2.75) is 26.8 Å². The molecule has 2 rings (SSSR count). The van der Waals surface area contributed by atoms with Crippen LogP contribution < -0.4 is 10.6 Å². The Kier molecular flexibility index (Phi) is 5.46. The van der Waals surface area contributed by atoms with Gasteiger partial charge in [0.2, 0.25) is 11.8 Å². The first-order chi connectivity index (χ1) is 11.0. The molecule has 0 atom stereocenters. The molecular formula is C18H19FN2O2. The van der Waals surface area contributed by atoms with Crippen molar-refractivity contribution in [3.63, 3.8) is 0 Å². The molecule has 2 aromatic rings. The largest absolute Gasteiger partial charge is 0.351 e. The van der Waals surface area contributed by atoms with Gasteiger partial charge in [0.1, 0.15) is 12.2 Å². The van der Waals surface area contributed by atoms with E-state index in [0.29, 0.717) is 11.3 Å². The Balaban J connectivity index is 1.84. The topological polar surface area (TPSA) is 58.2 Å². The Morgan fingerprint density at radius 1 is 1.00 bits per heavy atom. The second-order valence-electron chi connectivity index (χ2n) is 5.39. The Morgan fingerprint density at radius 3 is 2.43 bits per heavy atom. The van der Waals surface area contributed by atoms with Crippen molar-refractivity contribution in [2.75, 3.05) is 5.32 Å². The number of nitrogens with one attached hydrogen (secondary N) is 2. The van der Waals surface area contributed by atoms with Crippen LogP contribution in [-0.4, -0.2) is 11.8 Å². The summed E-state index contributed by atoms with van der Waals surface area (Å²) in [7, 11) is 0. The molecule has 0 aromatic heterocycles. The molecule has 0 spiro atoms. The summed E-state index contributed by atoms with van der Waals surface area (Å²) in [6.07, 6.45) is -0.304. The van der Waals surface area contributed by atoms with Crippen LogP contribution in [-0.2, 0) is 16.1 Å². The van der Waals surface area contributed by atoms with Crippen LogP contribution >= 0.6 is 0 Å². The minimum Gasteiger partial charge on any atom is -0.351 e. The second kappa shape index (κ2) is 7.54. The van der Waals surface area contributed by atoms with Crippen LogP contribution in [0.3, 0.4) is 0 Å². The highest BCUT2D eigenvalue weighted by atomic mass is 19.1. The smallest absolute Gasteiger partial charge is 0.233 e. The summed E-state index contributed by atoms with van der Waals surface area (Å²) in [6.45, 7) is 3.99. The molecule has 0 bridgehead atoms. The third kappa shape index (κ3) is 4.92. The number of hydrogen-bond donors (Lipinski definition) is 2. The lowest BCUT2D eigenvalue weighted by Crippen LogP contribution is -2.28. The first-order valence-electron chi connectivity index (χ1n) is 7.33. The van der Waals surface area contributed by atoms with Gasteiger partial charge in [-0.25, -0.2) is 4.39 Å². The van der Waals surface area contributed by atoms with Crippen molar-refractivity contribution in [1.82, 2.24) is 5.32 Å². The lowest BCUT2D eigenvalue weighted by atomic mass is 10.1. The predicted octanol–water partition coefficient (Wildman–Crippen LogP) is 3.09. The molecule has 0 saturated carbocycles. The number of halogens is 1. The molecule has 0 saturated heterocycles. The van der Waals surface area contributed by atoms with E-state index < -0.39 is 11.8 Å². The molecule has 0 fully saturated rings. The first-order valence-corrected chi connectivity index (χ1v) is 7.33. The summed E-state index contributed by atoms with van der Waals surface area (Å²) in [5.74, 6) is -1.23. The molecule has 4 nitrogen and oxygen atoms in total. The van der Waals surface area contributed by atoms with Crippen molar-refractivity contribution in [3.8, 4) is 0 Å². The average Bonchev–Trinajstić information content (AvgIpc) is 2.50. The summed E-state index contributed by atoms with van der Waals surface area (Å²) in [5, 5.41) is 5.21. The maximum atomic E-state index is 13.4. The highest BCUT2D eigenvalue weighted by molar-refractivity contribution is 6.03. The number of aryl methyl sites for hydroxylation is 2. The number of amides is 2. The van der Waals surface area contributed by atoms with Gasteiger partial charge < -0.3 is 10.6 Å². The number of benzene rings is 2. The maximum absolute atomic E-state index is 13.4. The minimum absolute atomic E-state index is 0.0580. The van der Waals surface area contributed by atoms with Gasteiger partial charge >= 0.3 is 0 Å². The van der Waals surface area contributed by atoms with Gasteiger partial charge in [-0.2, -0.15) is 0 Å². The zero-order chi connectivity index (χ0) is 16.8. The quantitative estimate of drug-likeness (QED) is 0.833. The summed E-state index contributed by atoms with van der Waals surface area (Å²) in [5.41, 5.74) is 3.23. The van der Waals surface area contributed by atoms with Gasteiger partial charge in [-0.15, -0.1) is 0 Å². The van der Waals surface area contributed by atoms with Gasteiger partial charge in [0.15, 0.2) is 0 Å². The van der Waals surface area contributed by atoms with Crippen LogP contribution in [0, 0.1) is 19.7 Å². The lowest BCUT2D eigenvalue weighted by molar-refractivity contribution is -0.126. The number of hydrogen-bond acceptors (Lipinski definition) is 2. The van der Waals surface area contributed by atoms with Crippen LogP contribution in [0.2, 0.25) is 0 Å². The van der Waals surface area contributed by atoms with Crippen LogP contribution in [0.25, 0.3) is 0 Å². The number of rotatable bonds is 5. The first kappa shape index (κ1) is 16.7.